The van der Waals surface area contributed by atoms with Gasteiger partial charge in [0.05, 0.1) is 17.1 Å². The molecule has 0 N–H and O–H groups in total. The predicted octanol–water partition coefficient (Wildman–Crippen LogP) is 4.80. The summed E-state index contributed by atoms with van der Waals surface area (Å²) >= 11 is 20.0. The topological polar surface area (TPSA) is 66.2 Å². The van der Waals surface area contributed by atoms with Gasteiger partial charge in [-0.3, -0.25) is 0 Å². The second-order valence-corrected chi connectivity index (χ2v) is 9.98. The van der Waals surface area contributed by atoms with E-state index >= 15 is 0 Å². The molecule has 0 saturated heterocycles. The average Bonchev–Trinajstić information content (AvgIpc) is 3.35. The minimum atomic E-state index is -0.298. The summed E-state index contributed by atoms with van der Waals surface area (Å²) in [4.78, 5) is 18.9. The first-order valence-corrected chi connectivity index (χ1v) is 11.8. The SMILES string of the molecule is Cn1ccc2n1c(=O)c(-c1cc(Cl)cc(Cl)c1)c(-c1ccccc1[O-])[n+]2Cc1cnc(Cl)s1. The molecule has 0 aliphatic carbocycles. The first-order valence-electron chi connectivity index (χ1n) is 9.80. The number of rotatable bonds is 4. The van der Waals surface area contributed by atoms with E-state index in [4.69, 9.17) is 34.8 Å². The molecular formula is C23H15Cl3N4O2S. The Morgan fingerprint density at radius 3 is 2.48 bits per heavy atom. The van der Waals surface area contributed by atoms with E-state index in [9.17, 15) is 9.90 Å². The molecule has 10 heteroatoms. The van der Waals surface area contributed by atoms with Crippen molar-refractivity contribution in [2.24, 2.45) is 7.05 Å². The van der Waals surface area contributed by atoms with Crippen molar-refractivity contribution in [2.45, 2.75) is 6.54 Å². The molecule has 0 aliphatic rings. The lowest BCUT2D eigenvalue weighted by atomic mass is 9.99. The largest absolute Gasteiger partial charge is 0.872 e. The van der Waals surface area contributed by atoms with E-state index in [0.29, 0.717) is 49.1 Å². The van der Waals surface area contributed by atoms with Gasteiger partial charge in [-0.05, 0) is 23.8 Å². The fraction of sp³-hybridized carbons (Fsp3) is 0.0870. The molecule has 33 heavy (non-hydrogen) atoms. The van der Waals surface area contributed by atoms with E-state index in [1.54, 1.807) is 65.0 Å². The summed E-state index contributed by atoms with van der Waals surface area (Å²) in [6.07, 6.45) is 3.47. The molecule has 0 bridgehead atoms. The van der Waals surface area contributed by atoms with E-state index < -0.39 is 0 Å². The molecule has 166 valence electrons. The highest BCUT2D eigenvalue weighted by Gasteiger charge is 2.29. The molecule has 6 nitrogen and oxygen atoms in total. The van der Waals surface area contributed by atoms with Crippen molar-refractivity contribution >= 4 is 51.8 Å². The van der Waals surface area contributed by atoms with E-state index in [1.807, 2.05) is 10.6 Å². The molecule has 3 heterocycles. The molecule has 2 aromatic carbocycles. The number of halogens is 3. The van der Waals surface area contributed by atoms with Crippen molar-refractivity contribution in [3.63, 3.8) is 0 Å². The Morgan fingerprint density at radius 1 is 1.09 bits per heavy atom. The second kappa shape index (κ2) is 8.50. The first-order chi connectivity index (χ1) is 15.8. The van der Waals surface area contributed by atoms with Crippen molar-refractivity contribution in [2.75, 3.05) is 0 Å². The minimum Gasteiger partial charge on any atom is -0.872 e. The standard InChI is InChI=1S/C23H15Cl3N4O2S/c1-28-7-6-19-29(12-16-11-27-23(26)33-16)21(17-4-2-3-5-18(17)31)20(22(32)30(19)28)13-8-14(24)10-15(25)9-13/h2-11H,12H2,1H3. The van der Waals surface area contributed by atoms with Crippen LogP contribution in [0.5, 0.6) is 5.75 Å². The molecule has 0 atom stereocenters. The maximum absolute atomic E-state index is 13.9. The molecule has 5 rings (SSSR count). The van der Waals surface area contributed by atoms with E-state index in [2.05, 4.69) is 4.98 Å². The summed E-state index contributed by atoms with van der Waals surface area (Å²) in [6, 6.07) is 13.4. The highest BCUT2D eigenvalue weighted by atomic mass is 35.5. The summed E-state index contributed by atoms with van der Waals surface area (Å²) in [5, 5.41) is 13.8. The maximum Gasteiger partial charge on any atom is 0.369 e. The molecule has 0 amide bonds. The van der Waals surface area contributed by atoms with Crippen LogP contribution in [0.1, 0.15) is 4.88 Å². The second-order valence-electron chi connectivity index (χ2n) is 7.41. The zero-order chi connectivity index (χ0) is 23.3. The Bertz CT molecular complexity index is 1570. The minimum absolute atomic E-state index is 0.206. The number of fused-ring (bicyclic) bond motifs is 1. The van der Waals surface area contributed by atoms with Crippen LogP contribution in [0, 0.1) is 0 Å². The number of nitrogens with zero attached hydrogens (tertiary/aromatic N) is 4. The fourth-order valence-electron chi connectivity index (χ4n) is 3.96. The van der Waals surface area contributed by atoms with Crippen LogP contribution < -0.4 is 15.2 Å². The highest BCUT2D eigenvalue weighted by Crippen LogP contribution is 2.34. The Hall–Kier alpha value is -2.84. The summed E-state index contributed by atoms with van der Waals surface area (Å²) in [6.45, 7) is 0.350. The number of benzene rings is 2. The molecular weight excluding hydrogens is 503 g/mol. The van der Waals surface area contributed by atoms with Gasteiger partial charge in [0.15, 0.2) is 4.47 Å². The summed E-state index contributed by atoms with van der Waals surface area (Å²) in [5.41, 5.74) is 2.01. The van der Waals surface area contributed by atoms with Crippen LogP contribution >= 0.6 is 46.1 Å². The van der Waals surface area contributed by atoms with Crippen LogP contribution in [-0.2, 0) is 13.6 Å². The molecule has 0 saturated carbocycles. The van der Waals surface area contributed by atoms with Gasteiger partial charge >= 0.3 is 11.2 Å². The van der Waals surface area contributed by atoms with Gasteiger partial charge in [0.2, 0.25) is 0 Å². The number of aryl methyl sites for hydroxylation is 1. The summed E-state index contributed by atoms with van der Waals surface area (Å²) < 4.78 is 5.57. The number of hydrogen-bond donors (Lipinski definition) is 0. The van der Waals surface area contributed by atoms with E-state index in [-0.39, 0.29) is 11.3 Å². The number of hydrogen-bond acceptors (Lipinski definition) is 4. The normalized spacial score (nSPS) is 11.4. The Labute approximate surface area is 207 Å². The zero-order valence-corrected chi connectivity index (χ0v) is 20.2. The average molecular weight is 518 g/mol. The molecule has 5 aromatic rings. The van der Waals surface area contributed by atoms with Gasteiger partial charge in [-0.15, -0.1) is 11.3 Å². The number of thiazole rings is 1. The van der Waals surface area contributed by atoms with Crippen LogP contribution in [0.4, 0.5) is 0 Å². The predicted molar refractivity (Wildman–Crippen MR) is 129 cm³/mol. The fourth-order valence-corrected chi connectivity index (χ4v) is 5.45. The Balaban J connectivity index is 1.97. The molecule has 3 aromatic heterocycles. The lowest BCUT2D eigenvalue weighted by molar-refractivity contribution is -0.654. The van der Waals surface area contributed by atoms with Crippen LogP contribution in [0.3, 0.4) is 0 Å². The smallest absolute Gasteiger partial charge is 0.369 e. The summed E-state index contributed by atoms with van der Waals surface area (Å²) in [7, 11) is 1.78. The Kier molecular flexibility index (Phi) is 5.66. The Morgan fingerprint density at radius 2 is 1.82 bits per heavy atom. The van der Waals surface area contributed by atoms with Gasteiger partial charge in [0, 0.05) is 28.9 Å². The van der Waals surface area contributed by atoms with Crippen molar-refractivity contribution in [3.05, 3.63) is 90.7 Å². The third-order valence-electron chi connectivity index (χ3n) is 5.29. The van der Waals surface area contributed by atoms with E-state index in [0.717, 1.165) is 4.88 Å². The lowest BCUT2D eigenvalue weighted by Crippen LogP contribution is -2.44. The molecule has 0 spiro atoms. The molecule has 0 unspecified atom stereocenters. The molecule has 0 aliphatic heterocycles. The number of para-hydroxylation sites is 1. The van der Waals surface area contributed by atoms with Crippen LogP contribution in [-0.4, -0.2) is 14.2 Å². The van der Waals surface area contributed by atoms with Gasteiger partial charge < -0.3 is 5.11 Å². The first kappa shape index (κ1) is 22.0. The summed E-state index contributed by atoms with van der Waals surface area (Å²) in [5.74, 6) is -0.206. The zero-order valence-electron chi connectivity index (χ0n) is 17.1. The highest BCUT2D eigenvalue weighted by molar-refractivity contribution is 7.15. The van der Waals surface area contributed by atoms with Gasteiger partial charge in [0.25, 0.3) is 0 Å². The third-order valence-corrected chi connectivity index (χ3v) is 6.83. The molecule has 0 radical (unpaired) electrons. The quantitative estimate of drug-likeness (QED) is 0.322. The third kappa shape index (κ3) is 3.91. The van der Waals surface area contributed by atoms with Crippen molar-refractivity contribution in [1.82, 2.24) is 14.2 Å². The molecule has 0 fully saturated rings. The number of aromatic nitrogens is 4. The monoisotopic (exact) mass is 516 g/mol. The van der Waals surface area contributed by atoms with Crippen LogP contribution in [0.25, 0.3) is 28.0 Å². The van der Waals surface area contributed by atoms with Crippen molar-refractivity contribution in [3.8, 4) is 28.1 Å². The van der Waals surface area contributed by atoms with Gasteiger partial charge in [-0.2, -0.15) is 0 Å². The van der Waals surface area contributed by atoms with E-state index in [1.165, 1.54) is 17.4 Å². The lowest BCUT2D eigenvalue weighted by Gasteiger charge is -2.18. The van der Waals surface area contributed by atoms with Crippen LogP contribution in [0.15, 0.2) is 65.7 Å². The van der Waals surface area contributed by atoms with Crippen LogP contribution in [0.2, 0.25) is 14.5 Å². The van der Waals surface area contributed by atoms with Gasteiger partial charge in [0.1, 0.15) is 17.8 Å². The van der Waals surface area contributed by atoms with Crippen molar-refractivity contribution in [1.29, 1.82) is 0 Å². The van der Waals surface area contributed by atoms with Gasteiger partial charge in [-0.25, -0.2) is 19.0 Å². The van der Waals surface area contributed by atoms with Crippen molar-refractivity contribution < 1.29 is 9.67 Å². The maximum atomic E-state index is 13.9. The van der Waals surface area contributed by atoms with Gasteiger partial charge in [-0.1, -0.05) is 69.3 Å².